The van der Waals surface area contributed by atoms with Crippen molar-refractivity contribution in [3.8, 4) is 6.07 Å². The van der Waals surface area contributed by atoms with Crippen LogP contribution in [0.1, 0.15) is 38.3 Å². The van der Waals surface area contributed by atoms with Crippen molar-refractivity contribution in [3.05, 3.63) is 29.3 Å². The lowest BCUT2D eigenvalue weighted by Gasteiger charge is -2.29. The van der Waals surface area contributed by atoms with Crippen molar-refractivity contribution < 1.29 is 0 Å². The molecule has 0 saturated heterocycles. The summed E-state index contributed by atoms with van der Waals surface area (Å²) >= 11 is 0. The minimum absolute atomic E-state index is 0.394. The predicted octanol–water partition coefficient (Wildman–Crippen LogP) is 2.64. The lowest BCUT2D eigenvalue weighted by molar-refractivity contribution is 0.670. The second-order valence-corrected chi connectivity index (χ2v) is 4.45. The number of nitrogens with two attached hydrogens (primary N) is 1. The van der Waals surface area contributed by atoms with Crippen molar-refractivity contribution in [3.63, 3.8) is 0 Å². The van der Waals surface area contributed by atoms with E-state index in [1.165, 1.54) is 0 Å². The Morgan fingerprint density at radius 3 is 2.59 bits per heavy atom. The van der Waals surface area contributed by atoms with E-state index in [4.69, 9.17) is 5.73 Å². The number of anilines is 1. The van der Waals surface area contributed by atoms with E-state index in [9.17, 15) is 5.26 Å². The normalized spacial score (nSPS) is 10.4. The van der Waals surface area contributed by atoms with Gasteiger partial charge in [-0.3, -0.25) is 0 Å². The number of rotatable bonds is 5. The zero-order chi connectivity index (χ0) is 12.8. The molecule has 0 spiro atoms. The first-order chi connectivity index (χ1) is 8.13. The number of nitriles is 1. The molecule has 0 saturated carbocycles. The van der Waals surface area contributed by atoms with Crippen LogP contribution in [0.3, 0.4) is 0 Å². The Balaban J connectivity index is 3.15. The van der Waals surface area contributed by atoms with Crippen molar-refractivity contribution >= 4 is 5.69 Å². The molecule has 0 atom stereocenters. The molecular weight excluding hydrogens is 210 g/mol. The van der Waals surface area contributed by atoms with Gasteiger partial charge >= 0.3 is 0 Å². The summed E-state index contributed by atoms with van der Waals surface area (Å²) in [7, 11) is 0. The summed E-state index contributed by atoms with van der Waals surface area (Å²) in [4.78, 5) is 2.26. The van der Waals surface area contributed by atoms with Crippen molar-refractivity contribution in [1.29, 1.82) is 5.26 Å². The van der Waals surface area contributed by atoms with Gasteiger partial charge in [-0.05, 0) is 38.0 Å². The van der Waals surface area contributed by atoms with Gasteiger partial charge in [0.25, 0.3) is 0 Å². The van der Waals surface area contributed by atoms with Crippen LogP contribution in [0.4, 0.5) is 5.69 Å². The Labute approximate surface area is 104 Å². The number of hydrogen-bond acceptors (Lipinski definition) is 3. The summed E-state index contributed by atoms with van der Waals surface area (Å²) in [5, 5.41) is 9.22. The molecule has 2 N–H and O–H groups in total. The lowest BCUT2D eigenvalue weighted by atomic mass is 10.1. The van der Waals surface area contributed by atoms with E-state index in [2.05, 4.69) is 31.7 Å². The monoisotopic (exact) mass is 231 g/mol. The summed E-state index contributed by atoms with van der Waals surface area (Å²) < 4.78 is 0. The first-order valence-corrected chi connectivity index (χ1v) is 6.13. The summed E-state index contributed by atoms with van der Waals surface area (Å²) in [6, 6.07) is 8.56. The maximum atomic E-state index is 9.22. The molecule has 1 rings (SSSR count). The number of benzene rings is 1. The highest BCUT2D eigenvalue weighted by Gasteiger charge is 2.13. The summed E-state index contributed by atoms with van der Waals surface area (Å²) in [6.07, 6.45) is 1.07. The van der Waals surface area contributed by atoms with Gasteiger partial charge in [-0.2, -0.15) is 5.26 Å². The molecule has 92 valence electrons. The second-order valence-electron chi connectivity index (χ2n) is 4.45. The molecule has 3 heteroatoms. The van der Waals surface area contributed by atoms with Crippen LogP contribution >= 0.6 is 0 Å². The third-order valence-corrected chi connectivity index (χ3v) is 2.81. The van der Waals surface area contributed by atoms with E-state index in [0.717, 1.165) is 29.8 Å². The highest BCUT2D eigenvalue weighted by atomic mass is 15.1. The molecule has 17 heavy (non-hydrogen) atoms. The molecule has 0 aliphatic rings. The van der Waals surface area contributed by atoms with Gasteiger partial charge in [0.15, 0.2) is 0 Å². The maximum absolute atomic E-state index is 9.22. The molecule has 0 unspecified atom stereocenters. The van der Waals surface area contributed by atoms with Gasteiger partial charge in [-0.25, -0.2) is 0 Å². The lowest BCUT2D eigenvalue weighted by Crippen LogP contribution is -2.32. The van der Waals surface area contributed by atoms with Gasteiger partial charge in [0.1, 0.15) is 6.07 Å². The molecule has 3 nitrogen and oxygen atoms in total. The second kappa shape index (κ2) is 6.27. The summed E-state index contributed by atoms with van der Waals surface area (Å²) in [6.45, 7) is 7.88. The van der Waals surface area contributed by atoms with Crippen LogP contribution in [0.2, 0.25) is 0 Å². The van der Waals surface area contributed by atoms with Gasteiger partial charge in [0.2, 0.25) is 0 Å². The molecule has 0 amide bonds. The SMILES string of the molecule is CCCN(c1ccc(CN)cc1C#N)C(C)C. The minimum atomic E-state index is 0.394. The Hall–Kier alpha value is -1.53. The van der Waals surface area contributed by atoms with Gasteiger partial charge in [-0.1, -0.05) is 13.0 Å². The Morgan fingerprint density at radius 1 is 1.41 bits per heavy atom. The van der Waals surface area contributed by atoms with Gasteiger partial charge in [-0.15, -0.1) is 0 Å². The molecule has 0 heterocycles. The Kier molecular flexibility index (Phi) is 4.99. The van der Waals surface area contributed by atoms with E-state index < -0.39 is 0 Å². The average molecular weight is 231 g/mol. The van der Waals surface area contributed by atoms with Crippen LogP contribution in [0.25, 0.3) is 0 Å². The average Bonchev–Trinajstić information content (AvgIpc) is 2.35. The van der Waals surface area contributed by atoms with Crippen LogP contribution in [0.5, 0.6) is 0 Å². The number of nitrogens with zero attached hydrogens (tertiary/aromatic N) is 2. The molecule has 0 aromatic heterocycles. The predicted molar refractivity (Wildman–Crippen MR) is 71.8 cm³/mol. The summed E-state index contributed by atoms with van der Waals surface area (Å²) in [5.74, 6) is 0. The third-order valence-electron chi connectivity index (χ3n) is 2.81. The smallest absolute Gasteiger partial charge is 0.101 e. The van der Waals surface area contributed by atoms with E-state index in [-0.39, 0.29) is 0 Å². The first kappa shape index (κ1) is 13.5. The minimum Gasteiger partial charge on any atom is -0.368 e. The zero-order valence-corrected chi connectivity index (χ0v) is 10.9. The zero-order valence-electron chi connectivity index (χ0n) is 10.9. The quantitative estimate of drug-likeness (QED) is 0.847. The molecule has 1 aromatic carbocycles. The van der Waals surface area contributed by atoms with Gasteiger partial charge in [0, 0.05) is 19.1 Å². The molecule has 0 aliphatic heterocycles. The van der Waals surface area contributed by atoms with E-state index in [0.29, 0.717) is 12.6 Å². The maximum Gasteiger partial charge on any atom is 0.101 e. The van der Waals surface area contributed by atoms with Crippen LogP contribution in [-0.4, -0.2) is 12.6 Å². The fourth-order valence-electron chi connectivity index (χ4n) is 1.95. The largest absolute Gasteiger partial charge is 0.368 e. The van der Waals surface area contributed by atoms with Crippen molar-refractivity contribution in [2.24, 2.45) is 5.73 Å². The fraction of sp³-hybridized carbons (Fsp3) is 0.500. The topological polar surface area (TPSA) is 53.0 Å². The molecular formula is C14H21N3. The third kappa shape index (κ3) is 3.21. The van der Waals surface area contributed by atoms with Crippen LogP contribution in [-0.2, 0) is 6.54 Å². The van der Waals surface area contributed by atoms with E-state index >= 15 is 0 Å². The van der Waals surface area contributed by atoms with Gasteiger partial charge < -0.3 is 10.6 Å². The van der Waals surface area contributed by atoms with Crippen molar-refractivity contribution in [2.45, 2.75) is 39.8 Å². The molecule has 0 radical (unpaired) electrons. The summed E-state index contributed by atoms with van der Waals surface area (Å²) in [5.41, 5.74) is 8.33. The fourth-order valence-corrected chi connectivity index (χ4v) is 1.95. The van der Waals surface area contributed by atoms with E-state index in [1.807, 2.05) is 18.2 Å². The number of hydrogen-bond donors (Lipinski definition) is 1. The van der Waals surface area contributed by atoms with E-state index in [1.54, 1.807) is 0 Å². The highest BCUT2D eigenvalue weighted by molar-refractivity contribution is 5.61. The first-order valence-electron chi connectivity index (χ1n) is 6.13. The highest BCUT2D eigenvalue weighted by Crippen LogP contribution is 2.23. The molecule has 0 fully saturated rings. The molecule has 0 aliphatic carbocycles. The molecule has 0 bridgehead atoms. The Morgan fingerprint density at radius 2 is 2.12 bits per heavy atom. The van der Waals surface area contributed by atoms with Gasteiger partial charge in [0.05, 0.1) is 11.3 Å². The Bertz CT molecular complexity index is 404. The standard InChI is InChI=1S/C14H21N3/c1-4-7-17(11(2)3)14-6-5-12(9-15)8-13(14)10-16/h5-6,8,11H,4,7,9,15H2,1-3H3. The van der Waals surface area contributed by atoms with Crippen molar-refractivity contribution in [2.75, 3.05) is 11.4 Å². The van der Waals surface area contributed by atoms with Crippen LogP contribution < -0.4 is 10.6 Å². The van der Waals surface area contributed by atoms with Crippen LogP contribution in [0, 0.1) is 11.3 Å². The van der Waals surface area contributed by atoms with Crippen LogP contribution in [0.15, 0.2) is 18.2 Å². The molecule has 1 aromatic rings. The van der Waals surface area contributed by atoms with Crippen molar-refractivity contribution in [1.82, 2.24) is 0 Å².